The molecule has 0 aliphatic rings. The molecule has 0 saturated heterocycles. The van der Waals surface area contributed by atoms with Crippen molar-refractivity contribution in [2.75, 3.05) is 0 Å². The van der Waals surface area contributed by atoms with E-state index in [9.17, 15) is 9.90 Å². The van der Waals surface area contributed by atoms with E-state index in [4.69, 9.17) is 0 Å². The van der Waals surface area contributed by atoms with E-state index in [1.54, 1.807) is 29.4 Å². The Bertz CT molecular complexity index is 1090. The van der Waals surface area contributed by atoms with Crippen LogP contribution >= 0.6 is 0 Å². The van der Waals surface area contributed by atoms with Crippen LogP contribution in [0, 0.1) is 44.1 Å². The first-order valence-electron chi connectivity index (χ1n) is 8.72. The number of aliphatic hydroxyl groups excluding tert-OH is 1. The molecule has 1 atom stereocenters. The summed E-state index contributed by atoms with van der Waals surface area (Å²) in [7, 11) is 0. The van der Waals surface area contributed by atoms with E-state index >= 15 is 0 Å². The van der Waals surface area contributed by atoms with Gasteiger partial charge in [-0.05, 0) is 29.3 Å². The van der Waals surface area contributed by atoms with Crippen LogP contribution in [-0.4, -0.2) is 19.2 Å². The van der Waals surface area contributed by atoms with Gasteiger partial charge in [-0.2, -0.15) is 0 Å². The van der Waals surface area contributed by atoms with Gasteiger partial charge < -0.3 is 9.67 Å². The van der Waals surface area contributed by atoms with Crippen LogP contribution in [0.1, 0.15) is 22.9 Å². The summed E-state index contributed by atoms with van der Waals surface area (Å²) in [6.07, 6.45) is 4.43. The third-order valence-electron chi connectivity index (χ3n) is 4.53. The molecule has 28 heavy (non-hydrogen) atoms. The quantitative estimate of drug-likeness (QED) is 0.393. The van der Waals surface area contributed by atoms with Gasteiger partial charge in [0.1, 0.15) is 6.10 Å². The zero-order valence-corrected chi connectivity index (χ0v) is 20.0. The first-order chi connectivity index (χ1) is 13.2. The van der Waals surface area contributed by atoms with Crippen molar-refractivity contribution in [1.29, 1.82) is 0 Å². The molecule has 2 heterocycles. The van der Waals surface area contributed by atoms with Gasteiger partial charge in [0, 0.05) is 68.6 Å². The molecule has 0 aliphatic carbocycles. The minimum Gasteiger partial charge on any atom is -0.382 e. The second kappa shape index (κ2) is 9.47. The Morgan fingerprint density at radius 1 is 0.929 bits per heavy atom. The summed E-state index contributed by atoms with van der Waals surface area (Å²) in [5, 5.41) is 10.7. The van der Waals surface area contributed by atoms with Crippen LogP contribution in [0.4, 0.5) is 0 Å². The number of hydrogen-bond acceptors (Lipinski definition) is 3. The molecule has 0 saturated carbocycles. The van der Waals surface area contributed by atoms with Crippen LogP contribution < -0.4 is 5.56 Å². The van der Waals surface area contributed by atoms with E-state index in [2.05, 4.69) is 4.98 Å². The molecule has 0 bridgehead atoms. The van der Waals surface area contributed by atoms with E-state index in [-0.39, 0.29) is 49.6 Å². The van der Waals surface area contributed by atoms with Gasteiger partial charge in [-0.1, -0.05) is 48.5 Å². The summed E-state index contributed by atoms with van der Waals surface area (Å²) >= 11 is 0. The number of pyridine rings is 1. The number of aromatic nitrogens is 3. The van der Waals surface area contributed by atoms with E-state index in [0.29, 0.717) is 6.54 Å². The molecular weight excluding hydrogens is 565 g/mol. The fourth-order valence-electron chi connectivity index (χ4n) is 3.10. The molecule has 2 aromatic carbocycles. The van der Waals surface area contributed by atoms with Gasteiger partial charge >= 0.3 is 0 Å². The maximum Gasteiger partial charge on any atom is 0.255 e. The Labute approximate surface area is 198 Å². The van der Waals surface area contributed by atoms with E-state index < -0.39 is 6.10 Å². The monoisotopic (exact) mass is 584 g/mol. The van der Waals surface area contributed by atoms with Gasteiger partial charge in [-0.3, -0.25) is 9.36 Å². The van der Waals surface area contributed by atoms with Gasteiger partial charge in [-0.15, -0.1) is 0 Å². The summed E-state index contributed by atoms with van der Waals surface area (Å²) in [5.41, 5.74) is 3.39. The summed E-state index contributed by atoms with van der Waals surface area (Å²) in [5.74, 6) is 0. The van der Waals surface area contributed by atoms with Crippen molar-refractivity contribution in [3.63, 3.8) is 0 Å². The van der Waals surface area contributed by atoms with Gasteiger partial charge in [0.15, 0.2) is 0 Å². The molecule has 6 heteroatoms. The Balaban J connectivity index is 0.00000225. The van der Waals surface area contributed by atoms with Gasteiger partial charge in [0.05, 0.1) is 18.2 Å². The topological polar surface area (TPSA) is 60.0 Å². The minimum atomic E-state index is -0.726. The maximum atomic E-state index is 11.9. The van der Waals surface area contributed by atoms with Crippen molar-refractivity contribution in [2.45, 2.75) is 12.6 Å². The number of benzene rings is 2. The molecule has 1 N–H and O–H groups in total. The zero-order valence-electron chi connectivity index (χ0n) is 15.2. The van der Waals surface area contributed by atoms with Crippen LogP contribution in [0.2, 0.25) is 0 Å². The van der Waals surface area contributed by atoms with Crippen LogP contribution in [0.15, 0.2) is 96.3 Å². The van der Waals surface area contributed by atoms with E-state index in [0.717, 1.165) is 22.5 Å². The van der Waals surface area contributed by atoms with Crippen molar-refractivity contribution in [1.82, 2.24) is 14.1 Å². The van der Waals surface area contributed by atoms with Crippen LogP contribution in [0.3, 0.4) is 0 Å². The molecule has 4 rings (SSSR count). The van der Waals surface area contributed by atoms with Crippen molar-refractivity contribution in [2.24, 2.45) is 0 Å². The maximum absolute atomic E-state index is 11.9. The van der Waals surface area contributed by atoms with Gasteiger partial charge in [-0.25, -0.2) is 4.98 Å². The van der Waals surface area contributed by atoms with E-state index in [1.807, 2.05) is 65.2 Å². The standard InChI is InChI=1S/C22H19N3O2.Ac/c26-21-8-4-5-13-25(21)19-11-9-17(10-12-19)15-24-16-23-14-20(24)22(27)18-6-2-1-3-7-18;/h1-14,16,22,27H,15H2;. The molecule has 4 aromatic rings. The normalized spacial score (nSPS) is 11.6. The summed E-state index contributed by atoms with van der Waals surface area (Å²) in [6.45, 7) is 0.587. The van der Waals surface area contributed by atoms with Crippen LogP contribution in [-0.2, 0) is 6.54 Å². The SMILES string of the molecule is O=c1ccccn1-c1ccc(Cn2cncc2C(O)c2ccccc2)cc1.[Ac]. The molecule has 5 nitrogen and oxygen atoms in total. The van der Waals surface area contributed by atoms with Crippen molar-refractivity contribution >= 4 is 0 Å². The van der Waals surface area contributed by atoms with Crippen molar-refractivity contribution in [3.8, 4) is 5.69 Å². The molecule has 0 aliphatic heterocycles. The Kier molecular flexibility index (Phi) is 7.01. The minimum absolute atomic E-state index is 0. The first kappa shape index (κ1) is 20.7. The Hall–Kier alpha value is -2.00. The summed E-state index contributed by atoms with van der Waals surface area (Å²) < 4.78 is 3.53. The average Bonchev–Trinajstić information content (AvgIpc) is 3.17. The van der Waals surface area contributed by atoms with Crippen LogP contribution in [0.5, 0.6) is 0 Å². The number of imidazole rings is 1. The predicted molar refractivity (Wildman–Crippen MR) is 104 cm³/mol. The molecule has 137 valence electrons. The zero-order chi connectivity index (χ0) is 18.6. The fraction of sp³-hybridized carbons (Fsp3) is 0.0909. The molecular formula is C22H19AcN3O2. The van der Waals surface area contributed by atoms with E-state index in [1.165, 1.54) is 6.07 Å². The number of nitrogens with zero attached hydrogens (tertiary/aromatic N) is 3. The van der Waals surface area contributed by atoms with Crippen LogP contribution in [0.25, 0.3) is 5.69 Å². The Morgan fingerprint density at radius 2 is 1.64 bits per heavy atom. The second-order valence-corrected chi connectivity index (χ2v) is 6.33. The van der Waals surface area contributed by atoms with Gasteiger partial charge in [0.25, 0.3) is 5.56 Å². The summed E-state index contributed by atoms with van der Waals surface area (Å²) in [6, 6.07) is 22.4. The third kappa shape index (κ3) is 4.52. The predicted octanol–water partition coefficient (Wildman–Crippen LogP) is 3.16. The van der Waals surface area contributed by atoms with Crippen molar-refractivity contribution < 1.29 is 49.2 Å². The number of hydrogen-bond donors (Lipinski definition) is 1. The third-order valence-corrected chi connectivity index (χ3v) is 4.53. The van der Waals surface area contributed by atoms with Gasteiger partial charge in [0.2, 0.25) is 0 Å². The van der Waals surface area contributed by atoms with Crippen molar-refractivity contribution in [3.05, 3.63) is 119 Å². The first-order valence-corrected chi connectivity index (χ1v) is 8.72. The number of aliphatic hydroxyl groups is 1. The molecule has 2 aromatic heterocycles. The largest absolute Gasteiger partial charge is 0.382 e. The Morgan fingerprint density at radius 3 is 2.36 bits per heavy atom. The second-order valence-electron chi connectivity index (χ2n) is 6.33. The molecule has 0 spiro atoms. The average molecular weight is 584 g/mol. The smallest absolute Gasteiger partial charge is 0.255 e. The summed E-state index contributed by atoms with van der Waals surface area (Å²) in [4.78, 5) is 16.1. The molecule has 0 fully saturated rings. The molecule has 0 amide bonds. The fourth-order valence-corrected chi connectivity index (χ4v) is 3.10. The molecule has 1 radical (unpaired) electrons. The molecule has 1 unspecified atom stereocenters. The number of rotatable bonds is 5.